The first kappa shape index (κ1) is 35.4. The topological polar surface area (TPSA) is 182 Å². The summed E-state index contributed by atoms with van der Waals surface area (Å²) >= 11 is 0. The number of hydrogen-bond acceptors (Lipinski definition) is 10. The lowest BCUT2D eigenvalue weighted by molar-refractivity contribution is -0.141. The third-order valence-corrected chi connectivity index (χ3v) is 10.7. The van der Waals surface area contributed by atoms with Crippen molar-refractivity contribution in [1.29, 1.82) is 0 Å². The average molecular weight is 690 g/mol. The summed E-state index contributed by atoms with van der Waals surface area (Å²) in [7, 11) is -3.87. The zero-order valence-corrected chi connectivity index (χ0v) is 28.8. The van der Waals surface area contributed by atoms with Crippen LogP contribution in [0.15, 0.2) is 30.5 Å². The van der Waals surface area contributed by atoms with Crippen LogP contribution in [0.5, 0.6) is 11.6 Å². The summed E-state index contributed by atoms with van der Waals surface area (Å²) in [6.07, 6.45) is 8.47. The number of allylic oxidation sites excluding steroid dienone is 1. The molecule has 3 heterocycles. The van der Waals surface area contributed by atoms with Crippen LogP contribution in [0.25, 0.3) is 0 Å². The third-order valence-electron chi connectivity index (χ3n) is 8.84. The highest BCUT2D eigenvalue weighted by Gasteiger charge is 2.62. The highest BCUT2D eigenvalue weighted by atomic mass is 32.2. The largest absolute Gasteiger partial charge is 0.488 e. The normalized spacial score (nSPS) is 28.1. The first-order valence-corrected chi connectivity index (χ1v) is 18.4. The van der Waals surface area contributed by atoms with Crippen LogP contribution in [-0.4, -0.2) is 89.8 Å². The molecule has 5 unspecified atom stereocenters. The molecule has 3 fully saturated rings. The predicted molar refractivity (Wildman–Crippen MR) is 174 cm³/mol. The number of rotatable bonds is 8. The Morgan fingerprint density at radius 3 is 2.62 bits per heavy atom. The highest BCUT2D eigenvalue weighted by molar-refractivity contribution is 7.91. The van der Waals surface area contributed by atoms with E-state index in [9.17, 15) is 27.6 Å². The fourth-order valence-corrected chi connectivity index (χ4v) is 7.54. The summed E-state index contributed by atoms with van der Waals surface area (Å²) < 4.78 is 44.8. The van der Waals surface area contributed by atoms with E-state index in [1.165, 1.54) is 11.1 Å². The van der Waals surface area contributed by atoms with Crippen molar-refractivity contribution >= 4 is 33.8 Å². The molecule has 264 valence electrons. The first-order valence-electron chi connectivity index (χ1n) is 16.8. The number of carbonyl (C=O) groups excluding carboxylic acids is 4. The van der Waals surface area contributed by atoms with Gasteiger partial charge in [-0.1, -0.05) is 25.0 Å². The van der Waals surface area contributed by atoms with Gasteiger partial charge in [-0.25, -0.2) is 18.2 Å². The van der Waals surface area contributed by atoms with Crippen molar-refractivity contribution in [1.82, 2.24) is 25.2 Å². The van der Waals surface area contributed by atoms with Gasteiger partial charge in [-0.15, -0.1) is 0 Å². The zero-order valence-electron chi connectivity index (χ0n) is 28.0. The lowest BCUT2D eigenvalue weighted by atomic mass is 10.0. The summed E-state index contributed by atoms with van der Waals surface area (Å²) in [5.41, 5.74) is -2.27. The predicted octanol–water partition coefficient (Wildman–Crippen LogP) is 2.73. The van der Waals surface area contributed by atoms with Crippen LogP contribution in [0.4, 0.5) is 4.79 Å². The minimum Gasteiger partial charge on any atom is -0.488 e. The fraction of sp³-hybridized carbons (Fsp3) is 0.667. The van der Waals surface area contributed by atoms with E-state index >= 15 is 0 Å². The minimum atomic E-state index is -3.87. The molecule has 5 rings (SSSR count). The number of alkyl carbamates (subject to hydrolysis) is 1. The standard InChI is InChI=1S/C33H47N5O9S/c1-5-45-27-18-22(15-16-34-27)46-23-17-26-28(39)36-33(30(41)37-48(43,44)24-13-14-24)19-21(33)11-9-7-6-8-10-12-25(29(40)38(26)20-23)35-31(42)47-32(2,3)4/h9,11,15-16,18,21,23-26H,5-8,10,12-14,17,19-20H2,1-4H3,(H,35,42)(H,36,39)(H,37,41). The van der Waals surface area contributed by atoms with E-state index in [2.05, 4.69) is 20.3 Å². The van der Waals surface area contributed by atoms with Gasteiger partial charge >= 0.3 is 6.09 Å². The molecule has 1 saturated heterocycles. The van der Waals surface area contributed by atoms with Gasteiger partial charge in [0.25, 0.3) is 5.91 Å². The molecule has 14 nitrogen and oxygen atoms in total. The first-order chi connectivity index (χ1) is 22.7. The molecule has 2 saturated carbocycles. The summed E-state index contributed by atoms with van der Waals surface area (Å²) in [5, 5.41) is 4.96. The summed E-state index contributed by atoms with van der Waals surface area (Å²) in [6, 6.07) is 1.22. The summed E-state index contributed by atoms with van der Waals surface area (Å²) in [5.74, 6) is -1.48. The quantitative estimate of drug-likeness (QED) is 0.343. The van der Waals surface area contributed by atoms with Crippen LogP contribution < -0.4 is 24.8 Å². The lowest BCUT2D eigenvalue weighted by Gasteiger charge is -2.30. The molecule has 1 aromatic heterocycles. The molecule has 0 bridgehead atoms. The maximum absolute atomic E-state index is 14.2. The molecule has 4 amide bonds. The molecule has 1 aromatic rings. The molecule has 15 heteroatoms. The number of sulfonamides is 1. The second kappa shape index (κ2) is 14.3. The average Bonchev–Trinajstić information content (AvgIpc) is 3.92. The van der Waals surface area contributed by atoms with E-state index in [1.807, 2.05) is 19.1 Å². The minimum absolute atomic E-state index is 0.0221. The molecule has 2 aliphatic carbocycles. The number of hydrogen-bond donors (Lipinski definition) is 3. The maximum atomic E-state index is 14.2. The van der Waals surface area contributed by atoms with Crippen LogP contribution >= 0.6 is 0 Å². The Morgan fingerprint density at radius 2 is 1.92 bits per heavy atom. The van der Waals surface area contributed by atoms with Gasteiger partial charge in [0, 0.05) is 24.6 Å². The Morgan fingerprint density at radius 1 is 1.15 bits per heavy atom. The molecular formula is C33H47N5O9S. The van der Waals surface area contributed by atoms with E-state index in [0.29, 0.717) is 50.3 Å². The van der Waals surface area contributed by atoms with Crippen molar-refractivity contribution in [2.45, 2.75) is 120 Å². The van der Waals surface area contributed by atoms with Crippen LogP contribution in [0.1, 0.15) is 85.5 Å². The summed E-state index contributed by atoms with van der Waals surface area (Å²) in [4.78, 5) is 60.3. The van der Waals surface area contributed by atoms with Gasteiger partial charge in [0.2, 0.25) is 27.7 Å². The van der Waals surface area contributed by atoms with Gasteiger partial charge in [-0.3, -0.25) is 19.1 Å². The Labute approximate surface area is 281 Å². The number of amides is 4. The molecule has 5 atom stereocenters. The van der Waals surface area contributed by atoms with Crippen molar-refractivity contribution in [3.63, 3.8) is 0 Å². The van der Waals surface area contributed by atoms with Crippen molar-refractivity contribution in [3.05, 3.63) is 30.5 Å². The fourth-order valence-electron chi connectivity index (χ4n) is 6.18. The van der Waals surface area contributed by atoms with E-state index in [4.69, 9.17) is 14.2 Å². The Bertz CT molecular complexity index is 1520. The number of nitrogens with one attached hydrogen (secondary N) is 3. The molecule has 48 heavy (non-hydrogen) atoms. The monoisotopic (exact) mass is 689 g/mol. The lowest BCUT2D eigenvalue weighted by Crippen LogP contribution is -2.58. The van der Waals surface area contributed by atoms with Crippen LogP contribution in [0.3, 0.4) is 0 Å². The van der Waals surface area contributed by atoms with Gasteiger partial charge in [-0.2, -0.15) is 0 Å². The third kappa shape index (κ3) is 8.77. The van der Waals surface area contributed by atoms with E-state index in [1.54, 1.807) is 32.9 Å². The van der Waals surface area contributed by atoms with Gasteiger partial charge in [0.1, 0.15) is 35.1 Å². The van der Waals surface area contributed by atoms with Crippen LogP contribution in [0.2, 0.25) is 0 Å². The summed E-state index contributed by atoms with van der Waals surface area (Å²) in [6.45, 7) is 7.44. The van der Waals surface area contributed by atoms with Crippen molar-refractivity contribution in [2.75, 3.05) is 13.2 Å². The number of aromatic nitrogens is 1. The molecule has 3 N–H and O–H groups in total. The number of fused-ring (bicyclic) bond motifs is 2. The van der Waals surface area contributed by atoms with Crippen molar-refractivity contribution in [3.8, 4) is 11.6 Å². The maximum Gasteiger partial charge on any atom is 0.408 e. The smallest absolute Gasteiger partial charge is 0.408 e. The van der Waals surface area contributed by atoms with Gasteiger partial charge in [-0.05, 0) is 72.3 Å². The van der Waals surface area contributed by atoms with Crippen molar-refractivity contribution in [2.24, 2.45) is 5.92 Å². The second-order valence-electron chi connectivity index (χ2n) is 14.0. The van der Waals surface area contributed by atoms with Gasteiger partial charge < -0.3 is 29.7 Å². The number of carbonyl (C=O) groups is 4. The highest BCUT2D eigenvalue weighted by Crippen LogP contribution is 2.46. The zero-order chi connectivity index (χ0) is 34.7. The van der Waals surface area contributed by atoms with Gasteiger partial charge in [0.05, 0.1) is 18.4 Å². The Balaban J connectivity index is 1.43. The van der Waals surface area contributed by atoms with Crippen molar-refractivity contribution < 1.29 is 41.8 Å². The second-order valence-corrected chi connectivity index (χ2v) is 15.9. The van der Waals surface area contributed by atoms with E-state index < -0.39 is 74.3 Å². The SMILES string of the molecule is CCOc1cc(OC2CC3C(=O)NC4(C(=O)NS(=O)(=O)C5CC5)CC4C=CCCCCCC(NC(=O)OC(C)(C)C)C(=O)N3C2)ccn1. The van der Waals surface area contributed by atoms with Crippen LogP contribution in [0, 0.1) is 5.92 Å². The molecule has 4 aliphatic rings. The number of nitrogens with zero attached hydrogens (tertiary/aromatic N) is 2. The number of ether oxygens (including phenoxy) is 3. The molecule has 0 spiro atoms. The molecule has 2 aliphatic heterocycles. The molecule has 0 aromatic carbocycles. The van der Waals surface area contributed by atoms with Gasteiger partial charge in [0.15, 0.2) is 0 Å². The van der Waals surface area contributed by atoms with E-state index in [0.717, 1.165) is 12.8 Å². The van der Waals surface area contributed by atoms with E-state index in [-0.39, 0.29) is 19.4 Å². The molecule has 0 radical (unpaired) electrons. The Hall–Kier alpha value is -3.88. The number of pyridine rings is 1. The van der Waals surface area contributed by atoms with Crippen LogP contribution in [-0.2, 0) is 29.1 Å². The molecular weight excluding hydrogens is 642 g/mol. The Kier molecular flexibility index (Phi) is 10.6.